The van der Waals surface area contributed by atoms with Gasteiger partial charge in [-0.1, -0.05) is 18.2 Å². The zero-order valence-electron chi connectivity index (χ0n) is 17.6. The van der Waals surface area contributed by atoms with E-state index in [1.807, 2.05) is 50.2 Å². The number of likely N-dealkylation sites (tertiary alicyclic amines) is 1. The number of nitrogens with one attached hydrogen (secondary N) is 1. The highest BCUT2D eigenvalue weighted by molar-refractivity contribution is 5.95. The molecule has 2 aliphatic rings. The van der Waals surface area contributed by atoms with Gasteiger partial charge in [0, 0.05) is 49.9 Å². The Morgan fingerprint density at radius 1 is 1.07 bits per heavy atom. The molecule has 2 aromatic rings. The second-order valence-electron chi connectivity index (χ2n) is 8.43. The molecule has 0 saturated carbocycles. The van der Waals surface area contributed by atoms with Crippen LogP contribution in [-0.2, 0) is 4.79 Å². The van der Waals surface area contributed by atoms with Crippen LogP contribution >= 0.6 is 0 Å². The van der Waals surface area contributed by atoms with Gasteiger partial charge in [-0.15, -0.1) is 0 Å². The normalized spacial score (nSPS) is 21.3. The molecular weight excluding hydrogens is 378 g/mol. The van der Waals surface area contributed by atoms with Crippen LogP contribution in [0, 0.1) is 5.92 Å². The van der Waals surface area contributed by atoms with Crippen molar-refractivity contribution in [3.05, 3.63) is 53.9 Å². The summed E-state index contributed by atoms with van der Waals surface area (Å²) in [5, 5.41) is 3.02. The van der Waals surface area contributed by atoms with Crippen LogP contribution in [0.2, 0.25) is 0 Å². The Bertz CT molecular complexity index is 895. The molecule has 7 heteroatoms. The molecular formula is C23H29N5O2. The summed E-state index contributed by atoms with van der Waals surface area (Å²) in [6, 6.07) is 11.2. The molecule has 0 unspecified atom stereocenters. The molecule has 30 heavy (non-hydrogen) atoms. The fraction of sp³-hybridized carbons (Fsp3) is 0.478. The Kier molecular flexibility index (Phi) is 5.97. The van der Waals surface area contributed by atoms with Crippen molar-refractivity contribution in [1.82, 2.24) is 20.2 Å². The summed E-state index contributed by atoms with van der Waals surface area (Å²) in [5.74, 6) is 0.164. The van der Waals surface area contributed by atoms with Crippen molar-refractivity contribution < 1.29 is 9.59 Å². The lowest BCUT2D eigenvalue weighted by Crippen LogP contribution is -2.39. The minimum absolute atomic E-state index is 0.0281. The first-order valence-corrected chi connectivity index (χ1v) is 10.8. The Labute approximate surface area is 177 Å². The van der Waals surface area contributed by atoms with Crippen molar-refractivity contribution in [2.75, 3.05) is 31.1 Å². The van der Waals surface area contributed by atoms with Gasteiger partial charge in [0.15, 0.2) is 0 Å². The van der Waals surface area contributed by atoms with Gasteiger partial charge in [-0.05, 0) is 44.9 Å². The maximum Gasteiger partial charge on any atom is 0.253 e. The quantitative estimate of drug-likeness (QED) is 0.824. The van der Waals surface area contributed by atoms with E-state index < -0.39 is 0 Å². The van der Waals surface area contributed by atoms with Gasteiger partial charge < -0.3 is 15.1 Å². The van der Waals surface area contributed by atoms with E-state index in [1.54, 1.807) is 11.1 Å². The number of hydrogen-bond acceptors (Lipinski definition) is 5. The number of aromatic nitrogens is 2. The van der Waals surface area contributed by atoms with Gasteiger partial charge in [-0.3, -0.25) is 9.59 Å². The van der Waals surface area contributed by atoms with Crippen LogP contribution in [0.5, 0.6) is 0 Å². The maximum atomic E-state index is 13.0. The largest absolute Gasteiger partial charge is 0.354 e. The number of amides is 2. The van der Waals surface area contributed by atoms with E-state index in [0.29, 0.717) is 18.7 Å². The lowest BCUT2D eigenvalue weighted by molar-refractivity contribution is -0.125. The van der Waals surface area contributed by atoms with E-state index in [0.717, 1.165) is 37.6 Å². The lowest BCUT2D eigenvalue weighted by Gasteiger charge is -2.21. The molecule has 0 radical (unpaired) electrons. The fourth-order valence-corrected chi connectivity index (χ4v) is 4.33. The molecule has 2 saturated heterocycles. The first kappa shape index (κ1) is 20.3. The average Bonchev–Trinajstić information content (AvgIpc) is 3.44. The Balaban J connectivity index is 1.61. The van der Waals surface area contributed by atoms with Crippen molar-refractivity contribution in [3.63, 3.8) is 0 Å². The second kappa shape index (κ2) is 8.81. The standard InChI is InChI=1S/C23H29N5O2/c1-16(2)25-21(29)19-15-28(22(30)17-8-4-3-5-9-17)14-18(19)20-10-11-24-23(26-20)27-12-6-7-13-27/h3-5,8-11,16,18-19H,6-7,12-15H2,1-2H3,(H,25,29)/t18-,19-/m1/s1. The third kappa shape index (κ3) is 4.30. The monoisotopic (exact) mass is 407 g/mol. The summed E-state index contributed by atoms with van der Waals surface area (Å²) in [7, 11) is 0. The van der Waals surface area contributed by atoms with Crippen molar-refractivity contribution in [1.29, 1.82) is 0 Å². The third-order valence-electron chi connectivity index (χ3n) is 5.83. The predicted octanol–water partition coefficient (Wildman–Crippen LogP) is 2.46. The molecule has 2 fully saturated rings. The lowest BCUT2D eigenvalue weighted by atomic mass is 9.91. The molecule has 7 nitrogen and oxygen atoms in total. The van der Waals surface area contributed by atoms with Crippen LogP contribution in [0.3, 0.4) is 0 Å². The summed E-state index contributed by atoms with van der Waals surface area (Å²) in [6.45, 7) is 6.68. The summed E-state index contributed by atoms with van der Waals surface area (Å²) < 4.78 is 0. The van der Waals surface area contributed by atoms with Gasteiger partial charge in [0.1, 0.15) is 0 Å². The topological polar surface area (TPSA) is 78.4 Å². The zero-order chi connectivity index (χ0) is 21.1. The van der Waals surface area contributed by atoms with Crippen LogP contribution < -0.4 is 10.2 Å². The van der Waals surface area contributed by atoms with Crippen LogP contribution in [0.15, 0.2) is 42.6 Å². The molecule has 2 amide bonds. The zero-order valence-corrected chi connectivity index (χ0v) is 17.6. The highest BCUT2D eigenvalue weighted by Gasteiger charge is 2.41. The molecule has 0 spiro atoms. The molecule has 1 aromatic carbocycles. The fourth-order valence-electron chi connectivity index (χ4n) is 4.33. The number of nitrogens with zero attached hydrogens (tertiary/aromatic N) is 4. The van der Waals surface area contributed by atoms with Crippen molar-refractivity contribution in [2.24, 2.45) is 5.92 Å². The van der Waals surface area contributed by atoms with Crippen molar-refractivity contribution in [3.8, 4) is 0 Å². The van der Waals surface area contributed by atoms with Crippen molar-refractivity contribution >= 4 is 17.8 Å². The van der Waals surface area contributed by atoms with E-state index in [2.05, 4.69) is 15.2 Å². The van der Waals surface area contributed by atoms with Crippen LogP contribution in [-0.4, -0.2) is 58.9 Å². The first-order chi connectivity index (χ1) is 14.5. The van der Waals surface area contributed by atoms with E-state index in [-0.39, 0.29) is 29.7 Å². The van der Waals surface area contributed by atoms with Crippen LogP contribution in [0.25, 0.3) is 0 Å². The van der Waals surface area contributed by atoms with E-state index >= 15 is 0 Å². The average molecular weight is 408 g/mol. The summed E-state index contributed by atoms with van der Waals surface area (Å²) in [4.78, 5) is 39.3. The molecule has 1 N–H and O–H groups in total. The van der Waals surface area contributed by atoms with E-state index in [1.165, 1.54) is 0 Å². The molecule has 2 atom stereocenters. The van der Waals surface area contributed by atoms with Gasteiger partial charge in [-0.2, -0.15) is 0 Å². The van der Waals surface area contributed by atoms with Gasteiger partial charge in [0.05, 0.1) is 11.6 Å². The molecule has 4 rings (SSSR count). The summed E-state index contributed by atoms with van der Waals surface area (Å²) >= 11 is 0. The molecule has 158 valence electrons. The number of carbonyl (C=O) groups is 2. The minimum atomic E-state index is -0.332. The smallest absolute Gasteiger partial charge is 0.253 e. The molecule has 2 aliphatic heterocycles. The molecule has 0 bridgehead atoms. The minimum Gasteiger partial charge on any atom is -0.354 e. The van der Waals surface area contributed by atoms with E-state index in [9.17, 15) is 9.59 Å². The second-order valence-corrected chi connectivity index (χ2v) is 8.43. The van der Waals surface area contributed by atoms with Gasteiger partial charge in [0.25, 0.3) is 5.91 Å². The van der Waals surface area contributed by atoms with Crippen LogP contribution in [0.4, 0.5) is 5.95 Å². The summed E-state index contributed by atoms with van der Waals surface area (Å²) in [6.07, 6.45) is 4.07. The van der Waals surface area contributed by atoms with Gasteiger partial charge in [-0.25, -0.2) is 9.97 Å². The number of anilines is 1. The highest BCUT2D eigenvalue weighted by Crippen LogP contribution is 2.33. The number of hydrogen-bond donors (Lipinski definition) is 1. The number of benzene rings is 1. The Morgan fingerprint density at radius 3 is 2.50 bits per heavy atom. The van der Waals surface area contributed by atoms with Gasteiger partial charge in [0.2, 0.25) is 11.9 Å². The van der Waals surface area contributed by atoms with Gasteiger partial charge >= 0.3 is 0 Å². The SMILES string of the molecule is CC(C)NC(=O)[C@@H]1CN(C(=O)c2ccccc2)C[C@H]1c1ccnc(N2CCCC2)n1. The van der Waals surface area contributed by atoms with Crippen molar-refractivity contribution in [2.45, 2.75) is 38.6 Å². The molecule has 1 aromatic heterocycles. The first-order valence-electron chi connectivity index (χ1n) is 10.8. The van der Waals surface area contributed by atoms with Crippen LogP contribution in [0.1, 0.15) is 48.7 Å². The summed E-state index contributed by atoms with van der Waals surface area (Å²) in [5.41, 5.74) is 1.47. The predicted molar refractivity (Wildman–Crippen MR) is 115 cm³/mol. The third-order valence-corrected chi connectivity index (χ3v) is 5.83. The Hall–Kier alpha value is -2.96. The number of rotatable bonds is 5. The molecule has 0 aliphatic carbocycles. The number of carbonyl (C=O) groups excluding carboxylic acids is 2. The van der Waals surface area contributed by atoms with E-state index in [4.69, 9.17) is 4.98 Å². The molecule has 3 heterocycles. The maximum absolute atomic E-state index is 13.0. The highest BCUT2D eigenvalue weighted by atomic mass is 16.2. The Morgan fingerprint density at radius 2 is 1.80 bits per heavy atom.